The number of rotatable bonds is 5. The van der Waals surface area contributed by atoms with Crippen LogP contribution in [0.1, 0.15) is 38.7 Å². The van der Waals surface area contributed by atoms with Crippen LogP contribution in [-0.2, 0) is 6.42 Å². The molecule has 2 rings (SSSR count). The fourth-order valence-electron chi connectivity index (χ4n) is 3.12. The van der Waals surface area contributed by atoms with Crippen molar-refractivity contribution in [2.75, 3.05) is 13.7 Å². The van der Waals surface area contributed by atoms with E-state index in [0.717, 1.165) is 29.7 Å². The van der Waals surface area contributed by atoms with Gasteiger partial charge in [0.25, 0.3) is 0 Å². The highest BCUT2D eigenvalue weighted by molar-refractivity contribution is 7.80. The number of hydrogen-bond acceptors (Lipinski definition) is 2. The molecule has 0 heterocycles. The molecule has 0 spiro atoms. The minimum atomic E-state index is 0.518. The van der Waals surface area contributed by atoms with Crippen molar-refractivity contribution in [2.24, 2.45) is 11.8 Å². The molecule has 0 amide bonds. The van der Waals surface area contributed by atoms with E-state index in [1.165, 1.54) is 24.8 Å². The van der Waals surface area contributed by atoms with Crippen LogP contribution >= 0.6 is 12.2 Å². The van der Waals surface area contributed by atoms with Crippen LogP contribution in [-0.4, -0.2) is 24.8 Å². The molecule has 0 bridgehead atoms. The van der Waals surface area contributed by atoms with Gasteiger partial charge in [0, 0.05) is 12.6 Å². The van der Waals surface area contributed by atoms with Gasteiger partial charge in [-0.15, -0.1) is 0 Å². The molecule has 1 fully saturated rings. The molecular formula is C18H28N2OS. The van der Waals surface area contributed by atoms with Gasteiger partial charge in [0.15, 0.2) is 5.11 Å². The van der Waals surface area contributed by atoms with Gasteiger partial charge in [-0.1, -0.05) is 38.8 Å². The van der Waals surface area contributed by atoms with E-state index < -0.39 is 0 Å². The zero-order chi connectivity index (χ0) is 15.9. The maximum Gasteiger partial charge on any atom is 0.166 e. The van der Waals surface area contributed by atoms with Gasteiger partial charge in [-0.3, -0.25) is 0 Å². The van der Waals surface area contributed by atoms with E-state index in [4.69, 9.17) is 17.0 Å². The van der Waals surface area contributed by atoms with Gasteiger partial charge < -0.3 is 15.4 Å². The molecule has 0 radical (unpaired) electrons. The number of nitrogens with one attached hydrogen (secondary N) is 2. The van der Waals surface area contributed by atoms with Gasteiger partial charge in [0.2, 0.25) is 0 Å². The van der Waals surface area contributed by atoms with Crippen molar-refractivity contribution in [1.29, 1.82) is 0 Å². The van der Waals surface area contributed by atoms with Crippen LogP contribution in [0.3, 0.4) is 0 Å². The van der Waals surface area contributed by atoms with Crippen LogP contribution in [0.2, 0.25) is 0 Å². The van der Waals surface area contributed by atoms with Crippen molar-refractivity contribution in [3.05, 3.63) is 29.8 Å². The summed E-state index contributed by atoms with van der Waals surface area (Å²) < 4.78 is 5.17. The smallest absolute Gasteiger partial charge is 0.166 e. The quantitative estimate of drug-likeness (QED) is 0.813. The van der Waals surface area contributed by atoms with Crippen molar-refractivity contribution in [1.82, 2.24) is 10.6 Å². The zero-order valence-electron chi connectivity index (χ0n) is 13.9. The Morgan fingerprint density at radius 3 is 2.64 bits per heavy atom. The summed E-state index contributed by atoms with van der Waals surface area (Å²) in [7, 11) is 1.69. The van der Waals surface area contributed by atoms with E-state index in [1.807, 2.05) is 12.1 Å². The number of thiocarbonyl (C=S) groups is 1. The Hall–Kier alpha value is -1.29. The SMILES string of the molecule is COc1ccc(CCNC(=S)NC2CCCC(C)C2C)cc1. The van der Waals surface area contributed by atoms with Crippen molar-refractivity contribution >= 4 is 17.3 Å². The van der Waals surface area contributed by atoms with Crippen molar-refractivity contribution in [3.63, 3.8) is 0 Å². The first-order valence-electron chi connectivity index (χ1n) is 8.27. The van der Waals surface area contributed by atoms with E-state index in [1.54, 1.807) is 7.11 Å². The Morgan fingerprint density at radius 2 is 1.95 bits per heavy atom. The van der Waals surface area contributed by atoms with Crippen LogP contribution in [0.15, 0.2) is 24.3 Å². The van der Waals surface area contributed by atoms with Gasteiger partial charge in [-0.05, 0) is 54.6 Å². The predicted octanol–water partition coefficient (Wildman–Crippen LogP) is 3.53. The van der Waals surface area contributed by atoms with Gasteiger partial charge in [-0.2, -0.15) is 0 Å². The molecule has 122 valence electrons. The third-order valence-corrected chi connectivity index (χ3v) is 5.14. The average Bonchev–Trinajstić information content (AvgIpc) is 2.52. The lowest BCUT2D eigenvalue weighted by Gasteiger charge is -2.35. The third-order valence-electron chi connectivity index (χ3n) is 4.88. The molecule has 1 aliphatic rings. The van der Waals surface area contributed by atoms with Crippen LogP contribution in [0.25, 0.3) is 0 Å². The minimum absolute atomic E-state index is 0.518. The second-order valence-corrected chi connectivity index (χ2v) is 6.78. The van der Waals surface area contributed by atoms with Crippen LogP contribution in [0.5, 0.6) is 5.75 Å². The van der Waals surface area contributed by atoms with Gasteiger partial charge in [0.1, 0.15) is 5.75 Å². The molecule has 22 heavy (non-hydrogen) atoms. The summed E-state index contributed by atoms with van der Waals surface area (Å²) in [4.78, 5) is 0. The van der Waals surface area contributed by atoms with Crippen LogP contribution in [0.4, 0.5) is 0 Å². The molecule has 2 N–H and O–H groups in total. The number of hydrogen-bond donors (Lipinski definition) is 2. The van der Waals surface area contributed by atoms with E-state index in [9.17, 15) is 0 Å². The summed E-state index contributed by atoms with van der Waals surface area (Å²) in [5, 5.41) is 7.63. The molecule has 1 aromatic rings. The molecule has 4 heteroatoms. The fourth-order valence-corrected chi connectivity index (χ4v) is 3.37. The van der Waals surface area contributed by atoms with Crippen molar-refractivity contribution in [2.45, 2.75) is 45.6 Å². The highest BCUT2D eigenvalue weighted by atomic mass is 32.1. The lowest BCUT2D eigenvalue weighted by molar-refractivity contribution is 0.224. The van der Waals surface area contributed by atoms with Crippen molar-refractivity contribution < 1.29 is 4.74 Å². The Bertz CT molecular complexity index is 474. The summed E-state index contributed by atoms with van der Waals surface area (Å²) in [5.41, 5.74) is 1.29. The van der Waals surface area contributed by atoms with Crippen LogP contribution in [0, 0.1) is 11.8 Å². The fraction of sp³-hybridized carbons (Fsp3) is 0.611. The normalized spacial score (nSPS) is 24.6. The van der Waals surface area contributed by atoms with E-state index in [0.29, 0.717) is 12.0 Å². The summed E-state index contributed by atoms with van der Waals surface area (Å²) in [6.45, 7) is 5.54. The van der Waals surface area contributed by atoms with Gasteiger partial charge in [-0.25, -0.2) is 0 Å². The molecule has 0 aliphatic heterocycles. The second-order valence-electron chi connectivity index (χ2n) is 6.37. The zero-order valence-corrected chi connectivity index (χ0v) is 14.7. The number of methoxy groups -OCH3 is 1. The molecule has 0 aromatic heterocycles. The molecule has 1 saturated carbocycles. The standard InChI is InChI=1S/C18H28N2OS/c1-13-5-4-6-17(14(13)2)20-18(22)19-12-11-15-7-9-16(21-3)10-8-15/h7-10,13-14,17H,4-6,11-12H2,1-3H3,(H2,19,20,22). The first-order chi connectivity index (χ1) is 10.6. The summed E-state index contributed by atoms with van der Waals surface area (Å²) in [6.07, 6.45) is 4.84. The van der Waals surface area contributed by atoms with E-state index in [2.05, 4.69) is 36.6 Å². The van der Waals surface area contributed by atoms with E-state index in [-0.39, 0.29) is 0 Å². The second kappa shape index (κ2) is 8.37. The van der Waals surface area contributed by atoms with Crippen molar-refractivity contribution in [3.8, 4) is 5.75 Å². The number of ether oxygens (including phenoxy) is 1. The third kappa shape index (κ3) is 4.87. The maximum absolute atomic E-state index is 5.44. The minimum Gasteiger partial charge on any atom is -0.497 e. The molecular weight excluding hydrogens is 292 g/mol. The monoisotopic (exact) mass is 320 g/mol. The lowest BCUT2D eigenvalue weighted by Crippen LogP contribution is -2.48. The predicted molar refractivity (Wildman–Crippen MR) is 96.4 cm³/mol. The maximum atomic E-state index is 5.44. The van der Waals surface area contributed by atoms with Gasteiger partial charge in [0.05, 0.1) is 7.11 Å². The average molecular weight is 321 g/mol. The Labute approximate surface area is 139 Å². The summed E-state index contributed by atoms with van der Waals surface area (Å²) in [5.74, 6) is 2.37. The largest absolute Gasteiger partial charge is 0.497 e. The molecule has 0 saturated heterocycles. The number of benzene rings is 1. The van der Waals surface area contributed by atoms with Crippen LogP contribution < -0.4 is 15.4 Å². The highest BCUT2D eigenvalue weighted by Gasteiger charge is 2.27. The summed E-state index contributed by atoms with van der Waals surface area (Å²) >= 11 is 5.44. The first-order valence-corrected chi connectivity index (χ1v) is 8.68. The molecule has 3 nitrogen and oxygen atoms in total. The Kier molecular flexibility index (Phi) is 6.49. The first kappa shape index (κ1) is 17.1. The Balaban J connectivity index is 1.71. The highest BCUT2D eigenvalue weighted by Crippen LogP contribution is 2.29. The molecule has 3 unspecified atom stereocenters. The van der Waals surface area contributed by atoms with Gasteiger partial charge >= 0.3 is 0 Å². The molecule has 3 atom stereocenters. The van der Waals surface area contributed by atoms with E-state index >= 15 is 0 Å². The summed E-state index contributed by atoms with van der Waals surface area (Å²) in [6, 6.07) is 8.71. The molecule has 1 aromatic carbocycles. The Morgan fingerprint density at radius 1 is 1.23 bits per heavy atom. The lowest BCUT2D eigenvalue weighted by atomic mass is 9.78. The molecule has 1 aliphatic carbocycles. The topological polar surface area (TPSA) is 33.3 Å².